The molecule has 0 saturated heterocycles. The number of hydrogen-bond donors (Lipinski definition) is 1. The average Bonchev–Trinajstić information content (AvgIpc) is 2.62. The molecule has 1 fully saturated rings. The van der Waals surface area contributed by atoms with E-state index >= 15 is 0 Å². The molecule has 0 amide bonds. The lowest BCUT2D eigenvalue weighted by molar-refractivity contribution is 0.192. The summed E-state index contributed by atoms with van der Waals surface area (Å²) in [5.74, 6) is 2.18. The van der Waals surface area contributed by atoms with E-state index in [1.165, 1.54) is 19.3 Å². The summed E-state index contributed by atoms with van der Waals surface area (Å²) in [6.07, 6.45) is 5.52. The number of nitrogens with two attached hydrogens (primary N) is 1. The fourth-order valence-corrected chi connectivity index (χ4v) is 3.60. The monoisotopic (exact) mass is 285 g/mol. The van der Waals surface area contributed by atoms with E-state index in [-0.39, 0.29) is 6.04 Å². The van der Waals surface area contributed by atoms with E-state index in [9.17, 15) is 0 Å². The van der Waals surface area contributed by atoms with E-state index in [4.69, 9.17) is 10.2 Å². The summed E-state index contributed by atoms with van der Waals surface area (Å²) in [7, 11) is 0. The Morgan fingerprint density at radius 3 is 2.44 bits per heavy atom. The predicted octanol–water partition coefficient (Wildman–Crippen LogP) is 4.11. The highest BCUT2D eigenvalue weighted by atomic mass is 79.9. The van der Waals surface area contributed by atoms with E-state index in [0.29, 0.717) is 5.92 Å². The first-order valence-electron chi connectivity index (χ1n) is 6.06. The first-order valence-corrected chi connectivity index (χ1v) is 6.85. The highest BCUT2D eigenvalue weighted by Crippen LogP contribution is 2.40. The van der Waals surface area contributed by atoms with Crippen molar-refractivity contribution in [3.8, 4) is 0 Å². The van der Waals surface area contributed by atoms with E-state index < -0.39 is 0 Å². The van der Waals surface area contributed by atoms with E-state index in [0.717, 1.165) is 22.1 Å². The van der Waals surface area contributed by atoms with Gasteiger partial charge in [0.05, 0.1) is 6.26 Å². The zero-order chi connectivity index (χ0) is 11.7. The Bertz CT molecular complexity index is 339. The van der Waals surface area contributed by atoms with Gasteiger partial charge < -0.3 is 10.2 Å². The lowest BCUT2D eigenvalue weighted by Crippen LogP contribution is -2.29. The number of halogens is 1. The van der Waals surface area contributed by atoms with Gasteiger partial charge in [-0.2, -0.15) is 0 Å². The molecule has 0 aliphatic heterocycles. The molecule has 2 rings (SSSR count). The maximum Gasteiger partial charge on any atom is 0.173 e. The largest absolute Gasteiger partial charge is 0.457 e. The molecule has 3 unspecified atom stereocenters. The molecule has 3 atom stereocenters. The van der Waals surface area contributed by atoms with Crippen molar-refractivity contribution in [1.82, 2.24) is 0 Å². The fraction of sp³-hybridized carbons (Fsp3) is 0.692. The molecule has 3 heteroatoms. The molecule has 2 nitrogen and oxygen atoms in total. The van der Waals surface area contributed by atoms with Crippen LogP contribution in [0.25, 0.3) is 0 Å². The van der Waals surface area contributed by atoms with Crippen LogP contribution in [0, 0.1) is 17.8 Å². The molecular weight excluding hydrogens is 266 g/mol. The first kappa shape index (κ1) is 12.2. The van der Waals surface area contributed by atoms with E-state index in [2.05, 4.69) is 29.8 Å². The van der Waals surface area contributed by atoms with Crippen molar-refractivity contribution in [2.45, 2.75) is 39.2 Å². The molecule has 16 heavy (non-hydrogen) atoms. The van der Waals surface area contributed by atoms with Crippen LogP contribution in [0.15, 0.2) is 21.4 Å². The van der Waals surface area contributed by atoms with Gasteiger partial charge >= 0.3 is 0 Å². The summed E-state index contributed by atoms with van der Waals surface area (Å²) >= 11 is 3.42. The van der Waals surface area contributed by atoms with Crippen molar-refractivity contribution in [1.29, 1.82) is 0 Å². The summed E-state index contributed by atoms with van der Waals surface area (Å²) in [6.45, 7) is 4.67. The van der Waals surface area contributed by atoms with Crippen LogP contribution in [0.2, 0.25) is 0 Å². The number of hydrogen-bond acceptors (Lipinski definition) is 2. The second kappa shape index (κ2) is 4.92. The maximum absolute atomic E-state index is 6.35. The van der Waals surface area contributed by atoms with E-state index in [1.54, 1.807) is 6.26 Å². The summed E-state index contributed by atoms with van der Waals surface area (Å²) in [5, 5.41) is 0. The Labute approximate surface area is 106 Å². The maximum atomic E-state index is 6.35. The second-order valence-corrected chi connectivity index (χ2v) is 6.07. The average molecular weight is 286 g/mol. The summed E-state index contributed by atoms with van der Waals surface area (Å²) in [5.41, 5.74) is 7.47. The topological polar surface area (TPSA) is 39.2 Å². The SMILES string of the molecule is CC1CC(C)CC(C(N)c2ccoc2Br)C1. The van der Waals surface area contributed by atoms with Crippen LogP contribution in [0.3, 0.4) is 0 Å². The molecule has 0 bridgehead atoms. The Kier molecular flexibility index (Phi) is 3.75. The van der Waals surface area contributed by atoms with Crippen LogP contribution in [0.5, 0.6) is 0 Å². The van der Waals surface area contributed by atoms with Crippen molar-refractivity contribution >= 4 is 15.9 Å². The third-order valence-electron chi connectivity index (χ3n) is 3.73. The zero-order valence-electron chi connectivity index (χ0n) is 9.95. The molecule has 90 valence electrons. The van der Waals surface area contributed by atoms with Crippen LogP contribution >= 0.6 is 15.9 Å². The molecule has 1 aliphatic carbocycles. The summed E-state index contributed by atoms with van der Waals surface area (Å²) in [6, 6.07) is 2.09. The van der Waals surface area contributed by atoms with Crippen LogP contribution in [-0.2, 0) is 0 Å². The molecule has 1 heterocycles. The lowest BCUT2D eigenvalue weighted by atomic mass is 9.73. The Morgan fingerprint density at radius 2 is 1.94 bits per heavy atom. The van der Waals surface area contributed by atoms with Gasteiger partial charge in [0.15, 0.2) is 4.67 Å². The van der Waals surface area contributed by atoms with Crippen molar-refractivity contribution in [2.24, 2.45) is 23.5 Å². The summed E-state index contributed by atoms with van der Waals surface area (Å²) in [4.78, 5) is 0. The van der Waals surface area contributed by atoms with Crippen molar-refractivity contribution in [3.05, 3.63) is 22.6 Å². The quantitative estimate of drug-likeness (QED) is 0.888. The lowest BCUT2D eigenvalue weighted by Gasteiger charge is -2.34. The first-order chi connectivity index (χ1) is 7.58. The molecule has 0 aromatic carbocycles. The highest BCUT2D eigenvalue weighted by Gasteiger charge is 2.30. The minimum Gasteiger partial charge on any atom is -0.457 e. The van der Waals surface area contributed by atoms with Gasteiger partial charge in [-0.25, -0.2) is 0 Å². The molecule has 0 radical (unpaired) electrons. The Morgan fingerprint density at radius 1 is 1.31 bits per heavy atom. The minimum absolute atomic E-state index is 0.110. The minimum atomic E-state index is 0.110. The van der Waals surface area contributed by atoms with E-state index in [1.807, 2.05) is 6.07 Å². The van der Waals surface area contributed by atoms with Gasteiger partial charge in [0.25, 0.3) is 0 Å². The smallest absolute Gasteiger partial charge is 0.173 e. The Hall–Kier alpha value is -0.280. The number of furan rings is 1. The van der Waals surface area contributed by atoms with Crippen LogP contribution in [0.1, 0.15) is 44.7 Å². The van der Waals surface area contributed by atoms with Crippen LogP contribution in [-0.4, -0.2) is 0 Å². The van der Waals surface area contributed by atoms with Crippen molar-refractivity contribution < 1.29 is 4.42 Å². The van der Waals surface area contributed by atoms with Gasteiger partial charge in [-0.1, -0.05) is 13.8 Å². The summed E-state index contributed by atoms with van der Waals surface area (Å²) < 4.78 is 6.06. The molecule has 2 N–H and O–H groups in total. The van der Waals surface area contributed by atoms with Crippen LogP contribution < -0.4 is 5.73 Å². The fourth-order valence-electron chi connectivity index (χ4n) is 3.10. The third-order valence-corrected chi connectivity index (χ3v) is 4.37. The molecule has 0 spiro atoms. The van der Waals surface area contributed by atoms with Crippen LogP contribution in [0.4, 0.5) is 0 Å². The van der Waals surface area contributed by atoms with Gasteiger partial charge in [-0.3, -0.25) is 0 Å². The predicted molar refractivity (Wildman–Crippen MR) is 69.0 cm³/mol. The van der Waals surface area contributed by atoms with Gasteiger partial charge in [-0.05, 0) is 59.0 Å². The van der Waals surface area contributed by atoms with Crippen molar-refractivity contribution in [2.75, 3.05) is 0 Å². The Balaban J connectivity index is 2.10. The molecule has 1 saturated carbocycles. The normalized spacial score (nSPS) is 32.6. The number of rotatable bonds is 2. The van der Waals surface area contributed by atoms with Gasteiger partial charge in [0.2, 0.25) is 0 Å². The molecule has 1 aromatic rings. The molecule has 1 aliphatic rings. The van der Waals surface area contributed by atoms with Gasteiger partial charge in [0, 0.05) is 11.6 Å². The standard InChI is InChI=1S/C13H20BrNO/c1-8-5-9(2)7-10(6-8)12(15)11-3-4-16-13(11)14/h3-4,8-10,12H,5-7,15H2,1-2H3. The third kappa shape index (κ3) is 2.51. The van der Waals surface area contributed by atoms with Gasteiger partial charge in [-0.15, -0.1) is 0 Å². The van der Waals surface area contributed by atoms with Crippen molar-refractivity contribution in [3.63, 3.8) is 0 Å². The molecular formula is C13H20BrNO. The highest BCUT2D eigenvalue weighted by molar-refractivity contribution is 9.10. The molecule has 1 aromatic heterocycles. The van der Waals surface area contributed by atoms with Gasteiger partial charge in [0.1, 0.15) is 0 Å². The second-order valence-electron chi connectivity index (χ2n) is 5.35. The zero-order valence-corrected chi connectivity index (χ0v) is 11.5.